The standard InChI is InChI=1S/C11H20N4O/c1-8-10(6-12)11(14(2)13-8)15-5-3-4-9(15)7-16/h9,16H,3-7,12H2,1-2H3. The first-order valence-electron chi connectivity index (χ1n) is 5.79. The molecule has 0 amide bonds. The molecule has 0 bridgehead atoms. The second kappa shape index (κ2) is 4.43. The maximum atomic E-state index is 9.36. The van der Waals surface area contributed by atoms with E-state index in [4.69, 9.17) is 5.73 Å². The molecule has 5 nitrogen and oxygen atoms in total. The van der Waals surface area contributed by atoms with Crippen molar-refractivity contribution in [3.63, 3.8) is 0 Å². The number of nitrogens with zero attached hydrogens (tertiary/aromatic N) is 3. The lowest BCUT2D eigenvalue weighted by molar-refractivity contribution is 0.265. The van der Waals surface area contributed by atoms with Gasteiger partial charge in [0.25, 0.3) is 0 Å². The molecule has 16 heavy (non-hydrogen) atoms. The summed E-state index contributed by atoms with van der Waals surface area (Å²) in [5.41, 5.74) is 7.87. The Morgan fingerprint density at radius 1 is 1.56 bits per heavy atom. The van der Waals surface area contributed by atoms with Gasteiger partial charge in [-0.3, -0.25) is 4.68 Å². The highest BCUT2D eigenvalue weighted by atomic mass is 16.3. The zero-order valence-corrected chi connectivity index (χ0v) is 9.98. The first-order chi connectivity index (χ1) is 7.69. The topological polar surface area (TPSA) is 67.3 Å². The summed E-state index contributed by atoms with van der Waals surface area (Å²) in [6.45, 7) is 3.67. The lowest BCUT2D eigenvalue weighted by Gasteiger charge is -2.26. The lowest BCUT2D eigenvalue weighted by Crippen LogP contribution is -2.34. The summed E-state index contributed by atoms with van der Waals surface area (Å²) >= 11 is 0. The second-order valence-corrected chi connectivity index (χ2v) is 4.39. The van der Waals surface area contributed by atoms with Crippen LogP contribution in [-0.2, 0) is 13.6 Å². The molecular weight excluding hydrogens is 204 g/mol. The highest BCUT2D eigenvalue weighted by Gasteiger charge is 2.28. The summed E-state index contributed by atoms with van der Waals surface area (Å²) in [6.07, 6.45) is 2.17. The van der Waals surface area contributed by atoms with Crippen molar-refractivity contribution in [1.29, 1.82) is 0 Å². The Hall–Kier alpha value is -1.07. The van der Waals surface area contributed by atoms with Crippen LogP contribution in [0.4, 0.5) is 5.82 Å². The average molecular weight is 224 g/mol. The van der Waals surface area contributed by atoms with Crippen molar-refractivity contribution in [2.24, 2.45) is 12.8 Å². The van der Waals surface area contributed by atoms with Crippen molar-refractivity contribution in [3.05, 3.63) is 11.3 Å². The zero-order chi connectivity index (χ0) is 11.7. The Morgan fingerprint density at radius 2 is 2.31 bits per heavy atom. The highest BCUT2D eigenvalue weighted by molar-refractivity contribution is 5.51. The molecule has 1 aromatic rings. The molecule has 1 aromatic heterocycles. The van der Waals surface area contributed by atoms with Crippen molar-refractivity contribution in [3.8, 4) is 0 Å². The number of nitrogens with two attached hydrogens (primary N) is 1. The van der Waals surface area contributed by atoms with Crippen LogP contribution in [-0.4, -0.2) is 34.1 Å². The molecule has 0 aromatic carbocycles. The van der Waals surface area contributed by atoms with Gasteiger partial charge >= 0.3 is 0 Å². The number of rotatable bonds is 3. The van der Waals surface area contributed by atoms with Gasteiger partial charge < -0.3 is 15.7 Å². The Bertz CT molecular complexity index is 374. The number of aromatic nitrogens is 2. The Balaban J connectivity index is 2.38. The Kier molecular flexibility index (Phi) is 3.16. The number of aryl methyl sites for hydroxylation is 2. The van der Waals surface area contributed by atoms with Gasteiger partial charge in [-0.05, 0) is 19.8 Å². The molecule has 1 fully saturated rings. The summed E-state index contributed by atoms with van der Waals surface area (Å²) in [7, 11) is 1.94. The molecule has 1 atom stereocenters. The van der Waals surface area contributed by atoms with E-state index >= 15 is 0 Å². The van der Waals surface area contributed by atoms with Crippen LogP contribution >= 0.6 is 0 Å². The first-order valence-corrected chi connectivity index (χ1v) is 5.79. The molecule has 0 spiro atoms. The highest BCUT2D eigenvalue weighted by Crippen LogP contribution is 2.29. The molecule has 1 aliphatic rings. The van der Waals surface area contributed by atoms with Crippen LogP contribution in [0.15, 0.2) is 0 Å². The Morgan fingerprint density at radius 3 is 2.94 bits per heavy atom. The Labute approximate surface area is 95.8 Å². The van der Waals surface area contributed by atoms with Gasteiger partial charge in [-0.25, -0.2) is 0 Å². The molecule has 3 N–H and O–H groups in total. The molecule has 1 unspecified atom stereocenters. The fraction of sp³-hybridized carbons (Fsp3) is 0.727. The average Bonchev–Trinajstić information content (AvgIpc) is 2.81. The number of hydrogen-bond acceptors (Lipinski definition) is 4. The smallest absolute Gasteiger partial charge is 0.131 e. The normalized spacial score (nSPS) is 20.8. The van der Waals surface area contributed by atoms with Crippen LogP contribution in [0, 0.1) is 6.92 Å². The number of hydrogen-bond donors (Lipinski definition) is 2. The number of aliphatic hydroxyl groups excluding tert-OH is 1. The van der Waals surface area contributed by atoms with E-state index in [9.17, 15) is 5.11 Å². The molecule has 0 radical (unpaired) electrons. The molecule has 90 valence electrons. The van der Waals surface area contributed by atoms with Gasteiger partial charge in [0.05, 0.1) is 18.3 Å². The number of anilines is 1. The maximum Gasteiger partial charge on any atom is 0.131 e. The van der Waals surface area contributed by atoms with Gasteiger partial charge in [-0.2, -0.15) is 5.10 Å². The molecule has 2 rings (SSSR count). The van der Waals surface area contributed by atoms with Gasteiger partial charge in [0.1, 0.15) is 5.82 Å². The molecular formula is C11H20N4O. The fourth-order valence-corrected chi connectivity index (χ4v) is 2.59. The van der Waals surface area contributed by atoms with E-state index in [2.05, 4.69) is 10.00 Å². The van der Waals surface area contributed by atoms with Gasteiger partial charge in [0.2, 0.25) is 0 Å². The van der Waals surface area contributed by atoms with Crippen LogP contribution in [0.5, 0.6) is 0 Å². The summed E-state index contributed by atoms with van der Waals surface area (Å²) in [5, 5.41) is 13.8. The number of aliphatic hydroxyl groups is 1. The molecule has 0 saturated carbocycles. The zero-order valence-electron chi connectivity index (χ0n) is 9.98. The maximum absolute atomic E-state index is 9.36. The van der Waals surface area contributed by atoms with Crippen molar-refractivity contribution in [2.45, 2.75) is 32.4 Å². The molecule has 1 aliphatic heterocycles. The monoisotopic (exact) mass is 224 g/mol. The minimum atomic E-state index is 0.203. The van der Waals surface area contributed by atoms with Gasteiger partial charge in [0.15, 0.2) is 0 Å². The second-order valence-electron chi connectivity index (χ2n) is 4.39. The first kappa shape index (κ1) is 11.4. The quantitative estimate of drug-likeness (QED) is 0.767. The summed E-state index contributed by atoms with van der Waals surface area (Å²) in [5.74, 6) is 1.08. The molecule has 0 aliphatic carbocycles. The summed E-state index contributed by atoms with van der Waals surface area (Å²) in [6, 6.07) is 0.222. The van der Waals surface area contributed by atoms with Crippen LogP contribution < -0.4 is 10.6 Å². The van der Waals surface area contributed by atoms with Crippen LogP contribution in [0.25, 0.3) is 0 Å². The minimum absolute atomic E-state index is 0.203. The van der Waals surface area contributed by atoms with Crippen LogP contribution in [0.2, 0.25) is 0 Å². The van der Waals surface area contributed by atoms with Crippen LogP contribution in [0.3, 0.4) is 0 Å². The van der Waals surface area contributed by atoms with Gasteiger partial charge in [-0.1, -0.05) is 0 Å². The SMILES string of the molecule is Cc1nn(C)c(N2CCCC2CO)c1CN. The van der Waals surface area contributed by atoms with E-state index in [0.717, 1.165) is 36.5 Å². The minimum Gasteiger partial charge on any atom is -0.394 e. The lowest BCUT2D eigenvalue weighted by atomic mass is 10.2. The van der Waals surface area contributed by atoms with E-state index in [1.54, 1.807) is 0 Å². The van der Waals surface area contributed by atoms with E-state index < -0.39 is 0 Å². The molecule has 1 saturated heterocycles. The van der Waals surface area contributed by atoms with E-state index in [1.807, 2.05) is 18.7 Å². The summed E-state index contributed by atoms with van der Waals surface area (Å²) < 4.78 is 1.88. The third kappa shape index (κ3) is 1.70. The third-order valence-corrected chi connectivity index (χ3v) is 3.38. The van der Waals surface area contributed by atoms with E-state index in [1.165, 1.54) is 0 Å². The summed E-state index contributed by atoms with van der Waals surface area (Å²) in [4.78, 5) is 2.24. The largest absolute Gasteiger partial charge is 0.394 e. The van der Waals surface area contributed by atoms with Crippen molar-refractivity contribution in [2.75, 3.05) is 18.1 Å². The fourth-order valence-electron chi connectivity index (χ4n) is 2.59. The predicted octanol–water partition coefficient (Wildman–Crippen LogP) is 0.148. The van der Waals surface area contributed by atoms with Crippen LogP contribution in [0.1, 0.15) is 24.1 Å². The van der Waals surface area contributed by atoms with E-state index in [0.29, 0.717) is 6.54 Å². The van der Waals surface area contributed by atoms with Gasteiger partial charge in [-0.15, -0.1) is 0 Å². The van der Waals surface area contributed by atoms with Gasteiger partial charge in [0, 0.05) is 25.7 Å². The molecule has 5 heteroatoms. The molecule has 2 heterocycles. The van der Waals surface area contributed by atoms with Crippen molar-refractivity contribution >= 4 is 5.82 Å². The predicted molar refractivity (Wildman–Crippen MR) is 63.3 cm³/mol. The van der Waals surface area contributed by atoms with E-state index in [-0.39, 0.29) is 12.6 Å². The third-order valence-electron chi connectivity index (χ3n) is 3.38. The van der Waals surface area contributed by atoms with Crippen molar-refractivity contribution < 1.29 is 5.11 Å². The van der Waals surface area contributed by atoms with Crippen molar-refractivity contribution in [1.82, 2.24) is 9.78 Å².